The van der Waals surface area contributed by atoms with Crippen LogP contribution in [0.25, 0.3) is 10.6 Å². The number of hydrogen-bond donors (Lipinski definition) is 0. The van der Waals surface area contributed by atoms with Gasteiger partial charge in [-0.25, -0.2) is 0 Å². The molecule has 0 fully saturated rings. The average molecular weight is 509 g/mol. The summed E-state index contributed by atoms with van der Waals surface area (Å²) in [6, 6.07) is 21.6. The van der Waals surface area contributed by atoms with E-state index in [9.17, 15) is 0 Å². The summed E-state index contributed by atoms with van der Waals surface area (Å²) in [5.74, 6) is 0. The van der Waals surface area contributed by atoms with E-state index in [0.29, 0.717) is 0 Å². The molecule has 0 aliphatic heterocycles. The molecule has 142 valence electrons. The van der Waals surface area contributed by atoms with Gasteiger partial charge in [-0.3, -0.25) is 10.1 Å². The zero-order chi connectivity index (χ0) is 19.2. The number of aryl methyl sites for hydroxylation is 2. The first-order chi connectivity index (χ1) is 11.3. The monoisotopic (exact) mass is 509 g/mol. The molecule has 2 radical (unpaired) electrons. The molecule has 0 atom stereocenters. The third-order valence-electron chi connectivity index (χ3n) is 1.77. The third-order valence-corrected chi connectivity index (χ3v) is 1.77. The van der Waals surface area contributed by atoms with Crippen LogP contribution in [0, 0.1) is 36.1 Å². The normalized spacial score (nSPS) is 7.04. The van der Waals surface area contributed by atoms with Crippen LogP contribution in [0.2, 0.25) is 0 Å². The van der Waals surface area contributed by atoms with E-state index in [0.717, 1.165) is 7.05 Å². The van der Waals surface area contributed by atoms with Gasteiger partial charge in [-0.2, -0.15) is 100.0 Å². The first-order valence-electron chi connectivity index (χ1n) is 7.24. The third kappa shape index (κ3) is 49.6. The van der Waals surface area contributed by atoms with Crippen molar-refractivity contribution in [2.75, 3.05) is 35.2 Å². The standard InChI is InChI=1S/2C7H7.2C2H6N.CH3NO2.2Y/c2*1-7-5-3-2-4-6-7;2*1-3-2;1-2(3)4;;/h2*3-6H,1H3;2*1-2H3;1H3;;/q4*-1;;;. The molecular weight excluding hydrogens is 480 g/mol. The summed E-state index contributed by atoms with van der Waals surface area (Å²) in [7, 11) is 7.89. The first kappa shape index (κ1) is 36.8. The van der Waals surface area contributed by atoms with Gasteiger partial charge >= 0.3 is 0 Å². The molecule has 0 bridgehead atoms. The smallest absolute Gasteiger partial charge is 0.194 e. The maximum atomic E-state index is 8.81. The number of nitro groups is 1. The Hall–Kier alpha value is -0.0322. The molecule has 2 aromatic carbocycles. The SMILES string of the molecule is C[N+](=O)[O-].C[N-]C.C[N-]C.Cc1cc[c-]cc1.Cc1cc[c-]cc1.[Y].[Y]. The van der Waals surface area contributed by atoms with Crippen molar-refractivity contribution in [1.82, 2.24) is 0 Å². The van der Waals surface area contributed by atoms with Crippen molar-refractivity contribution in [3.05, 3.63) is 92.5 Å². The van der Waals surface area contributed by atoms with Crippen molar-refractivity contribution in [1.29, 1.82) is 0 Å². The fraction of sp³-hybridized carbons (Fsp3) is 0.368. The van der Waals surface area contributed by atoms with Gasteiger partial charge in [0.1, 0.15) is 0 Å². The Bertz CT molecular complexity index is 429. The van der Waals surface area contributed by atoms with E-state index in [2.05, 4.69) is 36.6 Å². The Labute approximate surface area is 210 Å². The number of rotatable bonds is 0. The van der Waals surface area contributed by atoms with Crippen molar-refractivity contribution < 1.29 is 70.3 Å². The maximum absolute atomic E-state index is 8.81. The molecule has 0 saturated heterocycles. The van der Waals surface area contributed by atoms with E-state index in [1.54, 1.807) is 28.2 Å². The van der Waals surface area contributed by atoms with Crippen LogP contribution in [0.3, 0.4) is 0 Å². The van der Waals surface area contributed by atoms with Crippen LogP contribution >= 0.6 is 0 Å². The van der Waals surface area contributed by atoms with Crippen LogP contribution < -0.4 is 0 Å². The van der Waals surface area contributed by atoms with Gasteiger partial charge in [-0.05, 0) is 0 Å². The van der Waals surface area contributed by atoms with Crippen molar-refractivity contribution in [2.24, 2.45) is 0 Å². The van der Waals surface area contributed by atoms with Gasteiger partial charge < -0.3 is 10.6 Å². The number of nitrogens with zero attached hydrogens (tertiary/aromatic N) is 3. The summed E-state index contributed by atoms with van der Waals surface area (Å²) in [4.78, 5) is 8.31. The molecule has 0 aromatic heterocycles. The Balaban J connectivity index is -0.0000000733. The van der Waals surface area contributed by atoms with Crippen molar-refractivity contribution in [3.8, 4) is 0 Å². The second-order valence-electron chi connectivity index (χ2n) is 4.49. The summed E-state index contributed by atoms with van der Waals surface area (Å²) in [6.45, 7) is 4.13. The topological polar surface area (TPSA) is 71.3 Å². The predicted molar refractivity (Wildman–Crippen MR) is 103 cm³/mol. The summed E-state index contributed by atoms with van der Waals surface area (Å²) in [5.41, 5.74) is 2.58. The van der Waals surface area contributed by atoms with Gasteiger partial charge in [0.05, 0.1) is 0 Å². The minimum atomic E-state index is -0.500. The zero-order valence-electron chi connectivity index (χ0n) is 16.9. The zero-order valence-corrected chi connectivity index (χ0v) is 22.6. The summed E-state index contributed by atoms with van der Waals surface area (Å²) < 4.78 is 0. The minimum absolute atomic E-state index is 0. The van der Waals surface area contributed by atoms with Crippen LogP contribution in [0.4, 0.5) is 0 Å². The van der Waals surface area contributed by atoms with Gasteiger partial charge in [-0.1, -0.05) is 13.8 Å². The molecule has 0 N–H and O–H groups in total. The van der Waals surface area contributed by atoms with E-state index in [-0.39, 0.29) is 65.4 Å². The molecule has 0 unspecified atom stereocenters. The quantitative estimate of drug-likeness (QED) is 0.293. The molecule has 7 heteroatoms. The molecule has 0 aliphatic carbocycles. The fourth-order valence-corrected chi connectivity index (χ4v) is 0.940. The molecule has 0 heterocycles. The summed E-state index contributed by atoms with van der Waals surface area (Å²) in [5, 5.41) is 15.8. The Morgan fingerprint density at radius 1 is 0.769 bits per heavy atom. The first-order valence-corrected chi connectivity index (χ1v) is 7.24. The molecule has 26 heavy (non-hydrogen) atoms. The maximum Gasteiger partial charge on any atom is 0.194 e. The van der Waals surface area contributed by atoms with E-state index in [1.165, 1.54) is 11.1 Å². The van der Waals surface area contributed by atoms with Gasteiger partial charge in [-0.15, -0.1) is 0 Å². The summed E-state index contributed by atoms with van der Waals surface area (Å²) in [6.07, 6.45) is 0. The van der Waals surface area contributed by atoms with Crippen LogP contribution in [-0.2, 0) is 65.4 Å². The summed E-state index contributed by atoms with van der Waals surface area (Å²) >= 11 is 0. The molecular formula is C19H29N3O2Y2-4. The van der Waals surface area contributed by atoms with Gasteiger partial charge in [0.25, 0.3) is 0 Å². The Morgan fingerprint density at radius 2 is 0.923 bits per heavy atom. The molecule has 2 aromatic rings. The number of benzene rings is 2. The van der Waals surface area contributed by atoms with E-state index in [4.69, 9.17) is 10.1 Å². The molecule has 5 nitrogen and oxygen atoms in total. The van der Waals surface area contributed by atoms with Crippen LogP contribution in [0.5, 0.6) is 0 Å². The second kappa shape index (κ2) is 32.6. The van der Waals surface area contributed by atoms with Gasteiger partial charge in [0.2, 0.25) is 0 Å². The van der Waals surface area contributed by atoms with E-state index in [1.807, 2.05) is 48.5 Å². The molecule has 0 aliphatic rings. The van der Waals surface area contributed by atoms with Crippen molar-refractivity contribution in [3.63, 3.8) is 0 Å². The van der Waals surface area contributed by atoms with Gasteiger partial charge in [0, 0.05) is 70.3 Å². The molecule has 0 saturated carbocycles. The largest absolute Gasteiger partial charge is 0.668 e. The average Bonchev–Trinajstić information content (AvgIpc) is 2.50. The predicted octanol–water partition coefficient (Wildman–Crippen LogP) is 4.72. The Morgan fingerprint density at radius 3 is 1.00 bits per heavy atom. The van der Waals surface area contributed by atoms with Crippen LogP contribution in [0.1, 0.15) is 11.1 Å². The van der Waals surface area contributed by atoms with Crippen molar-refractivity contribution in [2.45, 2.75) is 13.8 Å². The molecule has 0 amide bonds. The molecule has 0 spiro atoms. The van der Waals surface area contributed by atoms with Gasteiger partial charge in [0.15, 0.2) is 7.05 Å². The Kier molecular flexibility index (Phi) is 46.2. The van der Waals surface area contributed by atoms with Crippen LogP contribution in [-0.4, -0.2) is 40.2 Å². The molecule has 2 rings (SSSR count). The number of hydrogen-bond acceptors (Lipinski definition) is 2. The van der Waals surface area contributed by atoms with Crippen LogP contribution in [0.15, 0.2) is 48.5 Å². The van der Waals surface area contributed by atoms with Crippen molar-refractivity contribution >= 4 is 0 Å². The van der Waals surface area contributed by atoms with E-state index >= 15 is 0 Å². The minimum Gasteiger partial charge on any atom is -0.668 e. The second-order valence-corrected chi connectivity index (χ2v) is 4.49. The fourth-order valence-electron chi connectivity index (χ4n) is 0.940. The van der Waals surface area contributed by atoms with E-state index < -0.39 is 4.92 Å².